The molecule has 0 radical (unpaired) electrons. The Balaban J connectivity index is 1.47. The lowest BCUT2D eigenvalue weighted by Gasteiger charge is -2.25. The number of hydrogen-bond donors (Lipinski definition) is 0. The second-order valence-corrected chi connectivity index (χ2v) is 7.79. The van der Waals surface area contributed by atoms with Crippen LogP contribution in [0.3, 0.4) is 0 Å². The number of halogens is 4. The predicted octanol–water partition coefficient (Wildman–Crippen LogP) is 2.53. The summed E-state index contributed by atoms with van der Waals surface area (Å²) in [6.07, 6.45) is 0.515. The van der Waals surface area contributed by atoms with E-state index in [1.165, 1.54) is 18.2 Å². The second kappa shape index (κ2) is 7.51. The fraction of sp³-hybridized carbons (Fsp3) is 0.579. The summed E-state index contributed by atoms with van der Waals surface area (Å²) in [5.41, 5.74) is 1.28. The molecule has 0 saturated carbocycles. The van der Waals surface area contributed by atoms with Crippen LogP contribution in [0.2, 0.25) is 0 Å². The van der Waals surface area contributed by atoms with E-state index in [1.807, 2.05) is 13.0 Å². The third-order valence-electron chi connectivity index (χ3n) is 5.61. The summed E-state index contributed by atoms with van der Waals surface area (Å²) in [6, 6.07) is -0.537. The van der Waals surface area contributed by atoms with Crippen molar-refractivity contribution in [3.63, 3.8) is 0 Å². The highest BCUT2D eigenvalue weighted by Crippen LogP contribution is 2.36. The van der Waals surface area contributed by atoms with Gasteiger partial charge in [-0.25, -0.2) is 9.38 Å². The number of nitrogens with zero attached hydrogens (tertiary/aromatic N) is 5. The molecule has 0 aromatic rings. The van der Waals surface area contributed by atoms with E-state index in [1.54, 1.807) is 6.21 Å². The molecule has 1 amide bonds. The molecular formula is C19H21F4N5O2. The van der Waals surface area contributed by atoms with Crippen LogP contribution < -0.4 is 0 Å². The van der Waals surface area contributed by atoms with Crippen molar-refractivity contribution in [2.75, 3.05) is 26.7 Å². The summed E-state index contributed by atoms with van der Waals surface area (Å²) in [4.78, 5) is 23.1. The molecule has 162 valence electrons. The monoisotopic (exact) mass is 427 g/mol. The highest BCUT2D eigenvalue weighted by Gasteiger charge is 2.46. The van der Waals surface area contributed by atoms with Gasteiger partial charge in [-0.2, -0.15) is 18.3 Å². The van der Waals surface area contributed by atoms with E-state index >= 15 is 0 Å². The first-order valence-electron chi connectivity index (χ1n) is 9.58. The number of carbonyl (C=O) groups is 1. The third-order valence-corrected chi connectivity index (χ3v) is 5.61. The van der Waals surface area contributed by atoms with E-state index in [0.717, 1.165) is 5.01 Å². The number of alkyl halides is 3. The SMILES string of the molecule is COC1=C(F)CC(C2=CC(C)C3C(=O)N(C4C=NN(CC(F)(F)F)C4)CC3=N2)C=N1. The lowest BCUT2D eigenvalue weighted by molar-refractivity contribution is -0.145. The molecular weight excluding hydrogens is 406 g/mol. The van der Waals surface area contributed by atoms with Gasteiger partial charge in [0.15, 0.2) is 5.83 Å². The van der Waals surface area contributed by atoms with Gasteiger partial charge in [-0.3, -0.25) is 14.8 Å². The molecule has 0 bridgehead atoms. The fourth-order valence-electron chi connectivity index (χ4n) is 4.24. The highest BCUT2D eigenvalue weighted by atomic mass is 19.4. The van der Waals surface area contributed by atoms with E-state index in [9.17, 15) is 22.4 Å². The van der Waals surface area contributed by atoms with Crippen molar-refractivity contribution in [2.24, 2.45) is 32.8 Å². The average Bonchev–Trinajstić information content (AvgIpc) is 3.24. The molecule has 1 fully saturated rings. The van der Waals surface area contributed by atoms with Crippen LogP contribution in [0.1, 0.15) is 13.3 Å². The number of ether oxygens (including phenoxy) is 1. The van der Waals surface area contributed by atoms with Gasteiger partial charge in [0.2, 0.25) is 11.8 Å². The van der Waals surface area contributed by atoms with E-state index in [0.29, 0.717) is 11.4 Å². The molecule has 4 atom stereocenters. The van der Waals surface area contributed by atoms with Crippen molar-refractivity contribution in [1.29, 1.82) is 0 Å². The van der Waals surface area contributed by atoms with Gasteiger partial charge in [0.1, 0.15) is 6.54 Å². The van der Waals surface area contributed by atoms with Gasteiger partial charge < -0.3 is 9.64 Å². The molecule has 0 aromatic heterocycles. The Hall–Kier alpha value is -2.72. The standard InChI is InChI=1S/C19H21F4N5O2/c1-10-3-14(11-4-13(20)17(30-2)24-5-11)26-15-8-28(18(29)16(10)15)12-6-25-27(7-12)9-19(21,22)23/h3,5-6,10-12,16H,4,7-9H2,1-2H3. The summed E-state index contributed by atoms with van der Waals surface area (Å²) < 4.78 is 56.8. The number of fused-ring (bicyclic) bond motifs is 1. The molecule has 11 heteroatoms. The number of allylic oxidation sites excluding steroid dienone is 3. The number of aliphatic imine (C=N–C) groups is 2. The molecule has 4 heterocycles. The van der Waals surface area contributed by atoms with Crippen molar-refractivity contribution in [3.05, 3.63) is 23.5 Å². The maximum absolute atomic E-state index is 14.1. The summed E-state index contributed by atoms with van der Waals surface area (Å²) in [6.45, 7) is 0.933. The fourth-order valence-corrected chi connectivity index (χ4v) is 4.24. The first-order chi connectivity index (χ1) is 14.2. The second-order valence-electron chi connectivity index (χ2n) is 7.79. The molecule has 4 aliphatic heterocycles. The maximum Gasteiger partial charge on any atom is 0.407 e. The number of likely N-dealkylation sites (tertiary alicyclic amines) is 1. The van der Waals surface area contributed by atoms with Crippen molar-refractivity contribution < 1.29 is 27.1 Å². The first kappa shape index (κ1) is 20.5. The minimum atomic E-state index is -4.36. The lowest BCUT2D eigenvalue weighted by Crippen LogP contribution is -2.43. The minimum absolute atomic E-state index is 0.00893. The van der Waals surface area contributed by atoms with Gasteiger partial charge in [0.05, 0.1) is 37.9 Å². The van der Waals surface area contributed by atoms with Crippen LogP contribution in [0.5, 0.6) is 0 Å². The Morgan fingerprint density at radius 3 is 2.73 bits per heavy atom. The van der Waals surface area contributed by atoms with Crippen molar-refractivity contribution in [1.82, 2.24) is 9.91 Å². The molecule has 30 heavy (non-hydrogen) atoms. The Bertz CT molecular complexity index is 892. The van der Waals surface area contributed by atoms with Crippen molar-refractivity contribution >= 4 is 24.0 Å². The maximum atomic E-state index is 14.1. The third kappa shape index (κ3) is 3.84. The van der Waals surface area contributed by atoms with Gasteiger partial charge in [0, 0.05) is 30.5 Å². The van der Waals surface area contributed by atoms with Crippen LogP contribution in [0.25, 0.3) is 0 Å². The molecule has 1 saturated heterocycles. The van der Waals surface area contributed by atoms with Crippen LogP contribution in [-0.4, -0.2) is 72.9 Å². The molecule has 4 unspecified atom stereocenters. The van der Waals surface area contributed by atoms with E-state index in [-0.39, 0.29) is 43.1 Å². The smallest absolute Gasteiger partial charge is 0.407 e. The van der Waals surface area contributed by atoms with Crippen LogP contribution in [0, 0.1) is 17.8 Å². The van der Waals surface area contributed by atoms with Crippen LogP contribution in [-0.2, 0) is 9.53 Å². The van der Waals surface area contributed by atoms with Crippen molar-refractivity contribution in [2.45, 2.75) is 25.6 Å². The summed E-state index contributed by atoms with van der Waals surface area (Å²) >= 11 is 0. The van der Waals surface area contributed by atoms with E-state index in [4.69, 9.17) is 4.74 Å². The number of amides is 1. The zero-order chi connectivity index (χ0) is 21.6. The zero-order valence-electron chi connectivity index (χ0n) is 16.4. The number of methoxy groups -OCH3 is 1. The number of hydrogen-bond acceptors (Lipinski definition) is 6. The van der Waals surface area contributed by atoms with Gasteiger partial charge >= 0.3 is 6.18 Å². The summed E-state index contributed by atoms with van der Waals surface area (Å²) in [5.74, 6) is -1.68. The Kier molecular flexibility index (Phi) is 5.15. The molecule has 4 aliphatic rings. The van der Waals surface area contributed by atoms with Gasteiger partial charge in [-0.1, -0.05) is 13.0 Å². The predicted molar refractivity (Wildman–Crippen MR) is 102 cm³/mol. The van der Waals surface area contributed by atoms with E-state index in [2.05, 4.69) is 15.1 Å². The summed E-state index contributed by atoms with van der Waals surface area (Å²) in [5, 5.41) is 4.71. The van der Waals surface area contributed by atoms with Crippen LogP contribution in [0.15, 0.2) is 38.6 Å². The van der Waals surface area contributed by atoms with Gasteiger partial charge in [0.25, 0.3) is 0 Å². The van der Waals surface area contributed by atoms with Crippen LogP contribution in [0.4, 0.5) is 17.6 Å². The zero-order valence-corrected chi connectivity index (χ0v) is 16.4. The highest BCUT2D eigenvalue weighted by molar-refractivity contribution is 6.13. The molecule has 0 spiro atoms. The van der Waals surface area contributed by atoms with Gasteiger partial charge in [-0.05, 0) is 5.92 Å². The normalized spacial score (nSPS) is 31.3. The Morgan fingerprint density at radius 1 is 1.30 bits per heavy atom. The van der Waals surface area contributed by atoms with E-state index < -0.39 is 30.5 Å². The largest absolute Gasteiger partial charge is 0.479 e. The average molecular weight is 427 g/mol. The summed E-state index contributed by atoms with van der Waals surface area (Å²) in [7, 11) is 1.35. The topological polar surface area (TPSA) is 69.9 Å². The first-order valence-corrected chi connectivity index (χ1v) is 9.58. The number of carbonyl (C=O) groups excluding carboxylic acids is 1. The Labute approximate surface area is 170 Å². The molecule has 0 aliphatic carbocycles. The Morgan fingerprint density at radius 2 is 2.07 bits per heavy atom. The minimum Gasteiger partial charge on any atom is -0.479 e. The molecule has 0 N–H and O–H groups in total. The molecule has 0 aromatic carbocycles. The quantitative estimate of drug-likeness (QED) is 0.648. The molecule has 4 rings (SSSR count). The molecule has 7 nitrogen and oxygen atoms in total. The number of rotatable bonds is 4. The van der Waals surface area contributed by atoms with Gasteiger partial charge in [-0.15, -0.1) is 0 Å². The number of hydrazone groups is 1. The lowest BCUT2D eigenvalue weighted by atomic mass is 9.85. The van der Waals surface area contributed by atoms with Crippen molar-refractivity contribution in [3.8, 4) is 0 Å². The van der Waals surface area contributed by atoms with Crippen LogP contribution >= 0.6 is 0 Å².